The first kappa shape index (κ1) is 26.8. The predicted molar refractivity (Wildman–Crippen MR) is 139 cm³/mol. The second kappa shape index (κ2) is 12.3. The smallest absolute Gasteiger partial charge is 1.00 e. The standard InChI is InChI=1S/C31H29N2.Ag.ClH/c1-24(26-13-5-3-6-14-26)28-17-9-11-19-30(28)32-21-22-33(23-32)31-20-12-10-18-29(31)25(2)27-15-7-4-8-16-27;;/h3-25H,1-2H3;;1H/q;+1;/p-1/t24-,25-;;/m1../s1. The van der Waals surface area contributed by atoms with Gasteiger partial charge in [-0.2, -0.15) is 0 Å². The van der Waals surface area contributed by atoms with Gasteiger partial charge in [-0.25, -0.2) is 0 Å². The second-order valence-electron chi connectivity index (χ2n) is 8.61. The number of hydrogen-bond acceptors (Lipinski definition) is 2. The summed E-state index contributed by atoms with van der Waals surface area (Å²) in [6, 6.07) is 38.8. The molecule has 0 unspecified atom stereocenters. The molecule has 0 saturated heterocycles. The Labute approximate surface area is 231 Å². The maximum atomic E-state index is 2.28. The molecule has 2 nitrogen and oxygen atoms in total. The van der Waals surface area contributed by atoms with E-state index in [1.807, 2.05) is 0 Å². The van der Waals surface area contributed by atoms with Gasteiger partial charge in [0.25, 0.3) is 0 Å². The molecule has 181 valence electrons. The van der Waals surface area contributed by atoms with Gasteiger partial charge in [-0.05, 0) is 34.4 Å². The summed E-state index contributed by atoms with van der Waals surface area (Å²) in [6.45, 7) is 6.75. The van der Waals surface area contributed by atoms with Crippen LogP contribution in [0.25, 0.3) is 0 Å². The van der Waals surface area contributed by atoms with E-state index in [1.165, 1.54) is 33.6 Å². The van der Waals surface area contributed by atoms with E-state index in [4.69, 9.17) is 0 Å². The molecule has 0 aromatic heterocycles. The molecule has 0 aliphatic carbocycles. The molecule has 0 saturated carbocycles. The van der Waals surface area contributed by atoms with E-state index in [0.717, 1.165) is 0 Å². The number of halogens is 1. The third-order valence-electron chi connectivity index (χ3n) is 6.60. The maximum Gasteiger partial charge on any atom is 1.00 e. The van der Waals surface area contributed by atoms with Crippen LogP contribution in [0, 0.1) is 6.67 Å². The van der Waals surface area contributed by atoms with Crippen molar-refractivity contribution in [3.8, 4) is 0 Å². The Morgan fingerprint density at radius 1 is 0.486 bits per heavy atom. The van der Waals surface area contributed by atoms with Crippen molar-refractivity contribution in [3.63, 3.8) is 0 Å². The molecule has 4 aromatic rings. The molecular formula is C31H29AgClN2. The predicted octanol–water partition coefficient (Wildman–Crippen LogP) is 4.91. The molecule has 1 heterocycles. The average Bonchev–Trinajstić information content (AvgIpc) is 3.39. The Balaban J connectivity index is 0.00000171. The van der Waals surface area contributed by atoms with Crippen LogP contribution in [0.15, 0.2) is 122 Å². The van der Waals surface area contributed by atoms with E-state index in [2.05, 4.69) is 152 Å². The molecule has 1 aliphatic rings. The summed E-state index contributed by atoms with van der Waals surface area (Å²) in [4.78, 5) is 4.47. The molecule has 4 heteroatoms. The molecule has 35 heavy (non-hydrogen) atoms. The van der Waals surface area contributed by atoms with Crippen LogP contribution in [0.1, 0.15) is 47.9 Å². The topological polar surface area (TPSA) is 6.48 Å². The molecule has 0 fully saturated rings. The van der Waals surface area contributed by atoms with Gasteiger partial charge in [0.05, 0.1) is 0 Å². The fourth-order valence-electron chi connectivity index (χ4n) is 4.66. The SMILES string of the molecule is C[C@H](c1ccccc1)c1ccccc1N1[CH]N(c2ccccc2[C@H](C)c2ccccc2)C=C1.[Ag+].[Cl-]. The summed E-state index contributed by atoms with van der Waals surface area (Å²) in [5, 5.41) is 0. The van der Waals surface area contributed by atoms with Crippen molar-refractivity contribution in [3.05, 3.63) is 151 Å². The summed E-state index contributed by atoms with van der Waals surface area (Å²) in [5.41, 5.74) is 7.70. The van der Waals surface area contributed by atoms with Gasteiger partial charge in [-0.3, -0.25) is 0 Å². The summed E-state index contributed by atoms with van der Waals surface area (Å²) >= 11 is 0. The number of benzene rings is 4. The quantitative estimate of drug-likeness (QED) is 0.303. The van der Waals surface area contributed by atoms with Gasteiger partial charge in [0.15, 0.2) is 6.67 Å². The summed E-state index contributed by atoms with van der Waals surface area (Å²) in [5.74, 6) is 0.618. The molecule has 5 rings (SSSR count). The molecular weight excluding hydrogens is 544 g/mol. The first-order chi connectivity index (χ1) is 16.2. The molecule has 1 aliphatic heterocycles. The number of rotatable bonds is 6. The number of hydrogen-bond donors (Lipinski definition) is 0. The van der Waals surface area contributed by atoms with Crippen molar-refractivity contribution < 1.29 is 34.8 Å². The van der Waals surface area contributed by atoms with Crippen LogP contribution < -0.4 is 22.2 Å². The normalized spacial score (nSPS) is 14.1. The molecule has 4 aromatic carbocycles. The van der Waals surface area contributed by atoms with Crippen molar-refractivity contribution in [2.45, 2.75) is 25.7 Å². The maximum absolute atomic E-state index is 2.28. The van der Waals surface area contributed by atoms with Crippen LogP contribution >= 0.6 is 0 Å². The minimum absolute atomic E-state index is 0. The van der Waals surface area contributed by atoms with Crippen molar-refractivity contribution in [2.75, 3.05) is 9.80 Å². The third-order valence-corrected chi connectivity index (χ3v) is 6.60. The molecule has 1 radical (unpaired) electrons. The van der Waals surface area contributed by atoms with Gasteiger partial charge in [-0.15, -0.1) is 0 Å². The van der Waals surface area contributed by atoms with Gasteiger partial charge < -0.3 is 22.2 Å². The van der Waals surface area contributed by atoms with Gasteiger partial charge >= 0.3 is 22.4 Å². The van der Waals surface area contributed by atoms with Crippen molar-refractivity contribution in [1.82, 2.24) is 0 Å². The van der Waals surface area contributed by atoms with E-state index in [0.29, 0.717) is 11.8 Å². The minimum Gasteiger partial charge on any atom is -1.00 e. The third kappa shape index (κ3) is 5.74. The Kier molecular flexibility index (Phi) is 9.42. The van der Waals surface area contributed by atoms with Gasteiger partial charge in [0.2, 0.25) is 0 Å². The van der Waals surface area contributed by atoms with Gasteiger partial charge in [-0.1, -0.05) is 111 Å². The van der Waals surface area contributed by atoms with Crippen LogP contribution in [0.5, 0.6) is 0 Å². The van der Waals surface area contributed by atoms with E-state index < -0.39 is 0 Å². The average molecular weight is 573 g/mol. The van der Waals surface area contributed by atoms with Crippen LogP contribution in [0.4, 0.5) is 11.4 Å². The number of anilines is 2. The summed E-state index contributed by atoms with van der Waals surface area (Å²) in [7, 11) is 0. The fourth-order valence-corrected chi connectivity index (χ4v) is 4.66. The van der Waals surface area contributed by atoms with Gasteiger partial charge in [0.1, 0.15) is 0 Å². The van der Waals surface area contributed by atoms with E-state index in [9.17, 15) is 0 Å². The summed E-state index contributed by atoms with van der Waals surface area (Å²) in [6.07, 6.45) is 4.31. The molecule has 2 atom stereocenters. The molecule has 0 bridgehead atoms. The summed E-state index contributed by atoms with van der Waals surface area (Å²) < 4.78 is 0. The monoisotopic (exact) mass is 571 g/mol. The minimum atomic E-state index is 0. The zero-order valence-corrected chi connectivity index (χ0v) is 22.1. The fraction of sp³-hybridized carbons (Fsp3) is 0.129. The Hall–Kier alpha value is -2.75. The Morgan fingerprint density at radius 2 is 0.829 bits per heavy atom. The van der Waals surface area contributed by atoms with Crippen LogP contribution in [-0.2, 0) is 22.4 Å². The molecule has 0 amide bonds. The Bertz CT molecular complexity index is 1150. The van der Waals surface area contributed by atoms with Crippen molar-refractivity contribution >= 4 is 11.4 Å². The van der Waals surface area contributed by atoms with Crippen LogP contribution in [-0.4, -0.2) is 0 Å². The van der Waals surface area contributed by atoms with Crippen molar-refractivity contribution in [2.24, 2.45) is 0 Å². The van der Waals surface area contributed by atoms with Crippen LogP contribution in [0.3, 0.4) is 0 Å². The van der Waals surface area contributed by atoms with Crippen LogP contribution in [0.2, 0.25) is 0 Å². The second-order valence-corrected chi connectivity index (χ2v) is 8.61. The first-order valence-electron chi connectivity index (χ1n) is 11.6. The largest absolute Gasteiger partial charge is 1.00 e. The van der Waals surface area contributed by atoms with Crippen molar-refractivity contribution in [1.29, 1.82) is 0 Å². The first-order valence-corrected chi connectivity index (χ1v) is 11.6. The van der Waals surface area contributed by atoms with E-state index in [1.54, 1.807) is 0 Å². The number of para-hydroxylation sites is 2. The molecule has 0 N–H and O–H groups in total. The van der Waals surface area contributed by atoms with Gasteiger partial charge in [0, 0.05) is 35.6 Å². The zero-order valence-electron chi connectivity index (χ0n) is 19.9. The Morgan fingerprint density at radius 3 is 1.23 bits per heavy atom. The number of nitrogens with zero attached hydrogens (tertiary/aromatic N) is 2. The zero-order chi connectivity index (χ0) is 22.6. The van der Waals surface area contributed by atoms with E-state index >= 15 is 0 Å². The molecule has 0 spiro atoms. The van der Waals surface area contributed by atoms with E-state index in [-0.39, 0.29) is 34.8 Å².